The molecule has 2 aromatic heterocycles. The monoisotopic (exact) mass is 302 g/mol. The maximum absolute atomic E-state index is 12.4. The van der Waals surface area contributed by atoms with Crippen molar-refractivity contribution < 1.29 is 14.3 Å². The number of hydrogen-bond acceptors (Lipinski definition) is 5. The second kappa shape index (κ2) is 5.65. The highest BCUT2D eigenvalue weighted by Crippen LogP contribution is 2.24. The molecule has 3 heterocycles. The third-order valence-corrected chi connectivity index (χ3v) is 4.52. The van der Waals surface area contributed by atoms with Crippen LogP contribution < -0.4 is 0 Å². The summed E-state index contributed by atoms with van der Waals surface area (Å²) in [7, 11) is 1.31. The van der Waals surface area contributed by atoms with Gasteiger partial charge in [-0.3, -0.25) is 9.78 Å². The molecule has 0 radical (unpaired) electrons. The Morgan fingerprint density at radius 1 is 1.33 bits per heavy atom. The van der Waals surface area contributed by atoms with Gasteiger partial charge in [0, 0.05) is 24.2 Å². The molecule has 0 saturated carbocycles. The highest BCUT2D eigenvalue weighted by atomic mass is 32.1. The van der Waals surface area contributed by atoms with Gasteiger partial charge in [-0.25, -0.2) is 4.79 Å². The molecule has 0 saturated heterocycles. The number of carbonyl (C=O) groups is 2. The second-order valence-corrected chi connectivity index (χ2v) is 5.77. The minimum absolute atomic E-state index is 0.108. The van der Waals surface area contributed by atoms with Crippen molar-refractivity contribution in [3.05, 3.63) is 51.5 Å². The average molecular weight is 302 g/mol. The van der Waals surface area contributed by atoms with Gasteiger partial charge in [0.15, 0.2) is 0 Å². The number of carbonyl (C=O) groups excluding carboxylic acids is 2. The average Bonchev–Trinajstić information content (AvgIpc) is 3.01. The largest absolute Gasteiger partial charge is 0.465 e. The number of thiophene rings is 1. The summed E-state index contributed by atoms with van der Waals surface area (Å²) >= 11 is 1.74. The Labute approximate surface area is 126 Å². The van der Waals surface area contributed by atoms with Crippen LogP contribution in [0.15, 0.2) is 29.8 Å². The molecular weight excluding hydrogens is 288 g/mol. The molecule has 0 N–H and O–H groups in total. The molecule has 0 fully saturated rings. The van der Waals surface area contributed by atoms with Crippen LogP contribution in [0.5, 0.6) is 0 Å². The lowest BCUT2D eigenvalue weighted by molar-refractivity contribution is 0.0598. The van der Waals surface area contributed by atoms with Gasteiger partial charge in [-0.15, -0.1) is 11.3 Å². The Hall–Kier alpha value is -2.21. The lowest BCUT2D eigenvalue weighted by atomic mass is 10.1. The standard InChI is InChI=1S/C15H14N2O3S/c1-20-15(19)10-2-3-12(16-8-10)14(18)17-6-4-13-11(9-17)5-7-21-13/h2-3,5,7-8H,4,6,9H2,1H3. The molecule has 0 unspecified atom stereocenters. The van der Waals surface area contributed by atoms with Gasteiger partial charge in [0.05, 0.1) is 12.7 Å². The van der Waals surface area contributed by atoms with Gasteiger partial charge in [-0.2, -0.15) is 0 Å². The predicted octanol–water partition coefficient (Wildman–Crippen LogP) is 2.13. The summed E-state index contributed by atoms with van der Waals surface area (Å²) in [6.45, 7) is 1.32. The Morgan fingerprint density at radius 3 is 2.90 bits per heavy atom. The number of rotatable bonds is 2. The van der Waals surface area contributed by atoms with Gasteiger partial charge in [0.1, 0.15) is 5.69 Å². The topological polar surface area (TPSA) is 59.5 Å². The second-order valence-electron chi connectivity index (χ2n) is 4.77. The summed E-state index contributed by atoms with van der Waals surface area (Å²) in [6, 6.07) is 5.19. The van der Waals surface area contributed by atoms with Gasteiger partial charge in [0.2, 0.25) is 0 Å². The maximum atomic E-state index is 12.4. The van der Waals surface area contributed by atoms with E-state index in [4.69, 9.17) is 0 Å². The van der Waals surface area contributed by atoms with E-state index in [0.717, 1.165) is 6.42 Å². The highest BCUT2D eigenvalue weighted by molar-refractivity contribution is 7.10. The van der Waals surface area contributed by atoms with Crippen LogP contribution in [0.4, 0.5) is 0 Å². The van der Waals surface area contributed by atoms with Crippen LogP contribution in [0, 0.1) is 0 Å². The predicted molar refractivity (Wildman–Crippen MR) is 78.3 cm³/mol. The van der Waals surface area contributed by atoms with E-state index in [-0.39, 0.29) is 5.91 Å². The van der Waals surface area contributed by atoms with Crippen molar-refractivity contribution in [1.82, 2.24) is 9.88 Å². The van der Waals surface area contributed by atoms with E-state index >= 15 is 0 Å². The summed E-state index contributed by atoms with van der Waals surface area (Å²) in [5.41, 5.74) is 1.90. The molecule has 1 aliphatic heterocycles. The molecule has 6 heteroatoms. The molecule has 1 amide bonds. The number of nitrogens with zero attached hydrogens (tertiary/aromatic N) is 2. The number of hydrogen-bond donors (Lipinski definition) is 0. The van der Waals surface area contributed by atoms with Gasteiger partial charge in [-0.1, -0.05) is 0 Å². The number of esters is 1. The van der Waals surface area contributed by atoms with Gasteiger partial charge >= 0.3 is 5.97 Å². The lowest BCUT2D eigenvalue weighted by Crippen LogP contribution is -2.35. The first kappa shape index (κ1) is 13.8. The quantitative estimate of drug-likeness (QED) is 0.797. The molecule has 3 rings (SSSR count). The molecule has 0 bridgehead atoms. The Kier molecular flexibility index (Phi) is 3.70. The van der Waals surface area contributed by atoms with Crippen LogP contribution in [0.25, 0.3) is 0 Å². The van der Waals surface area contributed by atoms with Crippen molar-refractivity contribution in [1.29, 1.82) is 0 Å². The molecule has 5 nitrogen and oxygen atoms in total. The minimum Gasteiger partial charge on any atom is -0.465 e. The van der Waals surface area contributed by atoms with Gasteiger partial charge in [0.25, 0.3) is 5.91 Å². The van der Waals surface area contributed by atoms with E-state index in [0.29, 0.717) is 24.3 Å². The molecule has 2 aromatic rings. The molecule has 1 aliphatic rings. The summed E-state index contributed by atoms with van der Waals surface area (Å²) in [4.78, 5) is 31.0. The maximum Gasteiger partial charge on any atom is 0.339 e. The number of ether oxygens (including phenoxy) is 1. The smallest absolute Gasteiger partial charge is 0.339 e. The third kappa shape index (κ3) is 2.67. The van der Waals surface area contributed by atoms with Crippen LogP contribution >= 0.6 is 11.3 Å². The van der Waals surface area contributed by atoms with Crippen LogP contribution in [0.2, 0.25) is 0 Å². The molecule has 0 aromatic carbocycles. The van der Waals surface area contributed by atoms with E-state index in [2.05, 4.69) is 21.2 Å². The summed E-state index contributed by atoms with van der Waals surface area (Å²) in [5, 5.41) is 2.06. The molecular formula is C15H14N2O3S. The van der Waals surface area contributed by atoms with Gasteiger partial charge < -0.3 is 9.64 Å². The normalized spacial score (nSPS) is 13.7. The fourth-order valence-corrected chi connectivity index (χ4v) is 3.23. The van der Waals surface area contributed by atoms with E-state index in [9.17, 15) is 9.59 Å². The molecule has 108 valence electrons. The number of fused-ring (bicyclic) bond motifs is 1. The summed E-state index contributed by atoms with van der Waals surface area (Å²) in [5.74, 6) is -0.564. The van der Waals surface area contributed by atoms with E-state index in [1.54, 1.807) is 28.4 Å². The van der Waals surface area contributed by atoms with Crippen LogP contribution in [-0.4, -0.2) is 35.4 Å². The first-order valence-electron chi connectivity index (χ1n) is 6.58. The van der Waals surface area contributed by atoms with Crippen molar-refractivity contribution in [3.8, 4) is 0 Å². The first-order valence-corrected chi connectivity index (χ1v) is 7.46. The minimum atomic E-state index is -0.456. The Balaban J connectivity index is 1.75. The molecule has 0 spiro atoms. The summed E-state index contributed by atoms with van der Waals surface area (Å²) in [6.07, 6.45) is 2.26. The van der Waals surface area contributed by atoms with Crippen LogP contribution in [-0.2, 0) is 17.7 Å². The van der Waals surface area contributed by atoms with Crippen molar-refractivity contribution in [2.45, 2.75) is 13.0 Å². The van der Waals surface area contributed by atoms with E-state index < -0.39 is 5.97 Å². The molecule has 0 atom stereocenters. The first-order chi connectivity index (χ1) is 10.2. The number of pyridine rings is 1. The van der Waals surface area contributed by atoms with Crippen molar-refractivity contribution >= 4 is 23.2 Å². The van der Waals surface area contributed by atoms with Crippen molar-refractivity contribution in [3.63, 3.8) is 0 Å². The van der Waals surface area contributed by atoms with Gasteiger partial charge in [-0.05, 0) is 35.6 Å². The molecule has 0 aliphatic carbocycles. The summed E-state index contributed by atoms with van der Waals surface area (Å²) < 4.78 is 4.61. The Morgan fingerprint density at radius 2 is 2.19 bits per heavy atom. The fraction of sp³-hybridized carbons (Fsp3) is 0.267. The van der Waals surface area contributed by atoms with Crippen LogP contribution in [0.1, 0.15) is 31.3 Å². The zero-order valence-corrected chi connectivity index (χ0v) is 12.4. The zero-order valence-electron chi connectivity index (χ0n) is 11.5. The van der Waals surface area contributed by atoms with Crippen molar-refractivity contribution in [2.24, 2.45) is 0 Å². The Bertz CT molecular complexity index is 678. The third-order valence-electron chi connectivity index (χ3n) is 3.50. The van der Waals surface area contributed by atoms with Crippen molar-refractivity contribution in [2.75, 3.05) is 13.7 Å². The highest BCUT2D eigenvalue weighted by Gasteiger charge is 2.23. The number of aromatic nitrogens is 1. The lowest BCUT2D eigenvalue weighted by Gasteiger charge is -2.26. The molecule has 21 heavy (non-hydrogen) atoms. The fourth-order valence-electron chi connectivity index (χ4n) is 2.34. The van der Waals surface area contributed by atoms with E-state index in [1.807, 2.05) is 0 Å². The zero-order chi connectivity index (χ0) is 14.8. The number of amides is 1. The van der Waals surface area contributed by atoms with E-state index in [1.165, 1.54) is 23.7 Å². The SMILES string of the molecule is COC(=O)c1ccc(C(=O)N2CCc3sccc3C2)nc1. The van der Waals surface area contributed by atoms with Crippen LogP contribution in [0.3, 0.4) is 0 Å². The number of methoxy groups -OCH3 is 1.